The normalized spacial score (nSPS) is 19.0. The third-order valence-electron chi connectivity index (χ3n) is 5.54. The van der Waals surface area contributed by atoms with Crippen LogP contribution in [0.3, 0.4) is 0 Å². The fourth-order valence-corrected chi connectivity index (χ4v) is 5.41. The van der Waals surface area contributed by atoms with Gasteiger partial charge in [-0.05, 0) is 29.3 Å². The molecule has 204 valence electrons. The highest BCUT2D eigenvalue weighted by atomic mass is 35.5. The van der Waals surface area contributed by atoms with Gasteiger partial charge in [-0.2, -0.15) is 0 Å². The molecule has 0 radical (unpaired) electrons. The number of alkyl halides is 4. The van der Waals surface area contributed by atoms with Crippen LogP contribution >= 0.6 is 23.2 Å². The van der Waals surface area contributed by atoms with Crippen LogP contribution < -0.4 is 10.6 Å². The summed E-state index contributed by atoms with van der Waals surface area (Å²) in [7, 11) is -3.50. The zero-order valence-corrected chi connectivity index (χ0v) is 22.4. The molecular weight excluding hydrogens is 568 g/mol. The molecule has 2 aromatic rings. The Bertz CT molecular complexity index is 1380. The first-order chi connectivity index (χ1) is 17.6. The summed E-state index contributed by atoms with van der Waals surface area (Å²) < 4.78 is 68.0. The Morgan fingerprint density at radius 2 is 1.71 bits per heavy atom. The molecule has 0 aromatic heterocycles. The smallest absolute Gasteiger partial charge is 0.355 e. The lowest BCUT2D eigenvalue weighted by molar-refractivity contribution is -0.342. The van der Waals surface area contributed by atoms with Crippen molar-refractivity contribution >= 4 is 50.4 Å². The summed E-state index contributed by atoms with van der Waals surface area (Å²) in [6.07, 6.45) is -3.41. The first-order valence-electron chi connectivity index (χ1n) is 11.1. The van der Waals surface area contributed by atoms with Crippen molar-refractivity contribution in [3.63, 3.8) is 0 Å². The number of sulfone groups is 1. The summed E-state index contributed by atoms with van der Waals surface area (Å²) >= 11 is 12.8. The van der Waals surface area contributed by atoms with Gasteiger partial charge in [0.25, 0.3) is 0 Å². The Kier molecular flexibility index (Phi) is 8.97. The molecule has 2 amide bonds. The highest BCUT2D eigenvalue weighted by Gasteiger charge is 2.48. The molecule has 2 N–H and O–H groups in total. The number of benzene rings is 2. The Morgan fingerprint density at radius 1 is 1.11 bits per heavy atom. The number of halogens is 5. The van der Waals surface area contributed by atoms with Crippen molar-refractivity contribution in [1.82, 2.24) is 10.6 Å². The average molecular weight is 591 g/mol. The minimum absolute atomic E-state index is 0.0245. The molecule has 0 aliphatic heterocycles. The summed E-state index contributed by atoms with van der Waals surface area (Å²) in [6, 6.07) is 13.4. The summed E-state index contributed by atoms with van der Waals surface area (Å²) in [4.78, 5) is 24.8. The van der Waals surface area contributed by atoms with E-state index in [2.05, 4.69) is 15.4 Å². The molecule has 2 unspecified atom stereocenters. The fraction of sp³-hybridized carbons (Fsp3) is 0.280. The van der Waals surface area contributed by atoms with Gasteiger partial charge in [0.1, 0.15) is 0 Å². The van der Waals surface area contributed by atoms with Crippen LogP contribution in [0, 0.1) is 0 Å². The lowest BCUT2D eigenvalue weighted by Crippen LogP contribution is -2.41. The van der Waals surface area contributed by atoms with E-state index in [0.717, 1.165) is 6.26 Å². The van der Waals surface area contributed by atoms with Gasteiger partial charge < -0.3 is 10.6 Å². The summed E-state index contributed by atoms with van der Waals surface area (Å²) in [6.45, 7) is 1.08. The zero-order chi connectivity index (χ0) is 28.3. The first kappa shape index (κ1) is 29.7. The standard InChI is InChI=1S/C25H23Cl2F3N2O5S/c1-15(33)31-14-20(16-8-10-19(11-9-16)38(2,35)36)23(34)32-18-12-21(26)22(17-6-4-3-5-7-17)24(27,13-18)37-25(28,29)30/h3-12,20H,13-14H2,1-2H3,(H,31,33)(H,32,34). The lowest BCUT2D eigenvalue weighted by Gasteiger charge is -2.35. The summed E-state index contributed by atoms with van der Waals surface area (Å²) in [5.41, 5.74) is 0.477. The number of hydrogen-bond acceptors (Lipinski definition) is 5. The van der Waals surface area contributed by atoms with Crippen LogP contribution in [0.15, 0.2) is 76.3 Å². The van der Waals surface area contributed by atoms with Crippen molar-refractivity contribution in [3.05, 3.63) is 82.5 Å². The molecule has 1 aliphatic rings. The van der Waals surface area contributed by atoms with Crippen molar-refractivity contribution in [2.45, 2.75) is 35.6 Å². The van der Waals surface area contributed by atoms with Crippen molar-refractivity contribution in [3.8, 4) is 0 Å². The van der Waals surface area contributed by atoms with E-state index in [1.54, 1.807) is 18.2 Å². The van der Waals surface area contributed by atoms with Gasteiger partial charge in [-0.25, -0.2) is 8.42 Å². The second kappa shape index (κ2) is 11.5. The minimum Gasteiger partial charge on any atom is -0.355 e. The van der Waals surface area contributed by atoms with Crippen LogP contribution in [0.4, 0.5) is 13.2 Å². The molecule has 0 heterocycles. The Morgan fingerprint density at radius 3 is 2.24 bits per heavy atom. The third-order valence-corrected chi connectivity index (χ3v) is 7.36. The van der Waals surface area contributed by atoms with Crippen LogP contribution in [-0.4, -0.2) is 44.5 Å². The van der Waals surface area contributed by atoms with E-state index in [4.69, 9.17) is 23.2 Å². The van der Waals surface area contributed by atoms with E-state index in [1.807, 2.05) is 0 Å². The fourth-order valence-electron chi connectivity index (χ4n) is 3.90. The highest BCUT2D eigenvalue weighted by molar-refractivity contribution is 7.90. The molecular formula is C25H23Cl2F3N2O5S. The molecule has 3 rings (SSSR count). The number of carbonyl (C=O) groups is 2. The van der Waals surface area contributed by atoms with Crippen molar-refractivity contribution < 1.29 is 35.9 Å². The Hall–Kier alpha value is -2.86. The number of rotatable bonds is 8. The van der Waals surface area contributed by atoms with Crippen LogP contribution in [0.5, 0.6) is 0 Å². The zero-order valence-electron chi connectivity index (χ0n) is 20.1. The summed E-state index contributed by atoms with van der Waals surface area (Å²) in [5, 5.41) is 2.39. The minimum atomic E-state index is -5.12. The van der Waals surface area contributed by atoms with Gasteiger partial charge in [-0.1, -0.05) is 65.7 Å². The van der Waals surface area contributed by atoms with Crippen molar-refractivity contribution in [1.29, 1.82) is 0 Å². The van der Waals surface area contributed by atoms with Crippen molar-refractivity contribution in [2.24, 2.45) is 0 Å². The molecule has 2 atom stereocenters. The average Bonchev–Trinajstić information content (AvgIpc) is 2.77. The highest BCUT2D eigenvalue weighted by Crippen LogP contribution is 2.48. The number of carbonyl (C=O) groups excluding carboxylic acids is 2. The SMILES string of the molecule is CC(=O)NCC(C(=O)NC1=CC(Cl)=C(c2ccccc2)C(Cl)(OC(F)(F)F)C1)c1ccc(S(C)(=O)=O)cc1. The number of ether oxygens (including phenoxy) is 1. The van der Waals surface area contributed by atoms with Crippen LogP contribution in [0.1, 0.15) is 30.4 Å². The van der Waals surface area contributed by atoms with Gasteiger partial charge in [0.05, 0.1) is 15.8 Å². The molecule has 0 saturated carbocycles. The second-order valence-electron chi connectivity index (χ2n) is 8.53. The first-order valence-corrected chi connectivity index (χ1v) is 13.7. The molecule has 0 spiro atoms. The maximum absolute atomic E-state index is 13.4. The molecule has 38 heavy (non-hydrogen) atoms. The number of hydrogen-bond donors (Lipinski definition) is 2. The number of nitrogens with one attached hydrogen (secondary N) is 2. The molecule has 13 heteroatoms. The maximum atomic E-state index is 13.4. The molecule has 1 aliphatic carbocycles. The van der Waals surface area contributed by atoms with Gasteiger partial charge in [0.15, 0.2) is 14.9 Å². The maximum Gasteiger partial charge on any atom is 0.524 e. The largest absolute Gasteiger partial charge is 0.524 e. The molecule has 7 nitrogen and oxygen atoms in total. The number of amides is 2. The molecule has 0 saturated heterocycles. The number of allylic oxidation sites excluding steroid dienone is 2. The molecule has 2 aromatic carbocycles. The quantitative estimate of drug-likeness (QED) is 0.429. The van der Waals surface area contributed by atoms with Gasteiger partial charge in [0.2, 0.25) is 11.8 Å². The second-order valence-corrected chi connectivity index (χ2v) is 11.6. The van der Waals surface area contributed by atoms with E-state index in [1.165, 1.54) is 49.4 Å². The van der Waals surface area contributed by atoms with Crippen molar-refractivity contribution in [2.75, 3.05) is 12.8 Å². The Balaban J connectivity index is 1.97. The Labute approximate surface area is 227 Å². The lowest BCUT2D eigenvalue weighted by atomic mass is 9.91. The third kappa shape index (κ3) is 7.59. The van der Waals surface area contributed by atoms with E-state index in [9.17, 15) is 31.2 Å². The van der Waals surface area contributed by atoms with Crippen LogP contribution in [0.2, 0.25) is 0 Å². The van der Waals surface area contributed by atoms with Crippen LogP contribution in [-0.2, 0) is 24.2 Å². The van der Waals surface area contributed by atoms with Gasteiger partial charge >= 0.3 is 6.36 Å². The van der Waals surface area contributed by atoms with E-state index >= 15 is 0 Å². The topological polar surface area (TPSA) is 102 Å². The van der Waals surface area contributed by atoms with Crippen LogP contribution in [0.25, 0.3) is 5.57 Å². The molecule has 0 bridgehead atoms. The monoisotopic (exact) mass is 590 g/mol. The van der Waals surface area contributed by atoms with Gasteiger partial charge in [-0.15, -0.1) is 13.2 Å². The van der Waals surface area contributed by atoms with E-state index < -0.39 is 45.4 Å². The van der Waals surface area contributed by atoms with Gasteiger partial charge in [-0.3, -0.25) is 14.3 Å². The van der Waals surface area contributed by atoms with E-state index in [-0.39, 0.29) is 27.7 Å². The van der Waals surface area contributed by atoms with Gasteiger partial charge in [0, 0.05) is 37.4 Å². The predicted octanol–water partition coefficient (Wildman–Crippen LogP) is 4.84. The summed E-state index contributed by atoms with van der Waals surface area (Å²) in [5.74, 6) is -2.15. The predicted molar refractivity (Wildman–Crippen MR) is 137 cm³/mol. The van der Waals surface area contributed by atoms with E-state index in [0.29, 0.717) is 11.1 Å². The molecule has 0 fully saturated rings.